The van der Waals surface area contributed by atoms with Crippen molar-refractivity contribution in [3.8, 4) is 11.8 Å². The van der Waals surface area contributed by atoms with Gasteiger partial charge in [0, 0.05) is 23.5 Å². The van der Waals surface area contributed by atoms with Gasteiger partial charge in [-0.2, -0.15) is 5.26 Å². The Bertz CT molecular complexity index is 951. The lowest BCUT2D eigenvalue weighted by atomic mass is 10.0. The molecule has 0 aliphatic heterocycles. The lowest BCUT2D eigenvalue weighted by molar-refractivity contribution is 0.0600. The van der Waals surface area contributed by atoms with Crippen molar-refractivity contribution in [2.75, 3.05) is 14.2 Å². The number of fused-ring (bicyclic) bond motifs is 1. The zero-order chi connectivity index (χ0) is 17.1. The third kappa shape index (κ3) is 2.82. The Labute approximate surface area is 139 Å². The highest BCUT2D eigenvalue weighted by Gasteiger charge is 2.13. The van der Waals surface area contributed by atoms with Crippen LogP contribution in [0.3, 0.4) is 0 Å². The zero-order valence-electron chi connectivity index (χ0n) is 13.4. The van der Waals surface area contributed by atoms with Gasteiger partial charge in [-0.05, 0) is 41.5 Å². The van der Waals surface area contributed by atoms with Crippen molar-refractivity contribution in [2.45, 2.75) is 6.42 Å². The second-order valence-electron chi connectivity index (χ2n) is 5.38. The van der Waals surface area contributed by atoms with Gasteiger partial charge in [-0.15, -0.1) is 0 Å². The Balaban J connectivity index is 1.99. The van der Waals surface area contributed by atoms with Gasteiger partial charge < -0.3 is 14.5 Å². The molecule has 0 unspecified atom stereocenters. The number of methoxy groups -OCH3 is 2. The number of rotatable bonds is 4. The maximum atomic E-state index is 11.6. The summed E-state index contributed by atoms with van der Waals surface area (Å²) >= 11 is 0. The van der Waals surface area contributed by atoms with Gasteiger partial charge >= 0.3 is 5.97 Å². The normalized spacial score (nSPS) is 10.4. The van der Waals surface area contributed by atoms with Crippen LogP contribution < -0.4 is 4.74 Å². The van der Waals surface area contributed by atoms with E-state index in [1.54, 1.807) is 25.3 Å². The summed E-state index contributed by atoms with van der Waals surface area (Å²) in [6, 6.07) is 13.0. The minimum atomic E-state index is -0.398. The molecule has 120 valence electrons. The molecule has 0 amide bonds. The van der Waals surface area contributed by atoms with Crippen LogP contribution in [0, 0.1) is 11.3 Å². The summed E-state index contributed by atoms with van der Waals surface area (Å²) in [7, 11) is 2.92. The quantitative estimate of drug-likeness (QED) is 0.747. The molecule has 3 rings (SSSR count). The van der Waals surface area contributed by atoms with Crippen LogP contribution >= 0.6 is 0 Å². The Morgan fingerprint density at radius 2 is 2.00 bits per heavy atom. The van der Waals surface area contributed by atoms with Gasteiger partial charge in [0.05, 0.1) is 31.4 Å². The topological polar surface area (TPSA) is 75.1 Å². The fraction of sp³-hybridized carbons (Fsp3) is 0.158. The number of aromatic nitrogens is 1. The first-order chi connectivity index (χ1) is 11.7. The number of aromatic amines is 1. The number of nitrogens with one attached hydrogen (secondary N) is 1. The predicted molar refractivity (Wildman–Crippen MR) is 90.2 cm³/mol. The molecule has 5 heteroatoms. The first-order valence-electron chi connectivity index (χ1n) is 7.41. The number of ether oxygens (including phenoxy) is 2. The molecule has 2 aromatic carbocycles. The number of benzene rings is 2. The zero-order valence-corrected chi connectivity index (χ0v) is 13.4. The fourth-order valence-corrected chi connectivity index (χ4v) is 2.73. The number of nitrogens with zero attached hydrogens (tertiary/aromatic N) is 1. The molecule has 24 heavy (non-hydrogen) atoms. The molecule has 0 atom stereocenters. The van der Waals surface area contributed by atoms with Crippen molar-refractivity contribution in [2.24, 2.45) is 0 Å². The third-order valence-electron chi connectivity index (χ3n) is 3.99. The number of H-pyrrole nitrogens is 1. The van der Waals surface area contributed by atoms with E-state index in [2.05, 4.69) is 11.1 Å². The van der Waals surface area contributed by atoms with Crippen LogP contribution in [0.5, 0.6) is 5.75 Å². The molecule has 0 saturated carbocycles. The summed E-state index contributed by atoms with van der Waals surface area (Å²) in [5, 5.41) is 10.1. The summed E-state index contributed by atoms with van der Waals surface area (Å²) in [6.07, 6.45) is 2.55. The Morgan fingerprint density at radius 3 is 2.71 bits per heavy atom. The SMILES string of the molecule is COC(=O)c1ccc(Cc2c[nH]c3ccc(C#N)cc23)c(OC)c1. The van der Waals surface area contributed by atoms with Gasteiger partial charge in [0.15, 0.2) is 0 Å². The van der Waals surface area contributed by atoms with Gasteiger partial charge in [-0.3, -0.25) is 0 Å². The minimum absolute atomic E-state index is 0.398. The maximum Gasteiger partial charge on any atom is 0.337 e. The Hall–Kier alpha value is -3.26. The largest absolute Gasteiger partial charge is 0.496 e. The molecule has 0 radical (unpaired) electrons. The van der Waals surface area contributed by atoms with Crippen molar-refractivity contribution in [3.05, 3.63) is 64.8 Å². The van der Waals surface area contributed by atoms with Crippen molar-refractivity contribution in [3.63, 3.8) is 0 Å². The lowest BCUT2D eigenvalue weighted by Gasteiger charge is -2.10. The second-order valence-corrected chi connectivity index (χ2v) is 5.38. The van der Waals surface area contributed by atoms with Crippen molar-refractivity contribution >= 4 is 16.9 Å². The molecule has 0 fully saturated rings. The fourth-order valence-electron chi connectivity index (χ4n) is 2.73. The predicted octanol–water partition coefficient (Wildman–Crippen LogP) is 3.43. The van der Waals surface area contributed by atoms with E-state index in [9.17, 15) is 4.79 Å². The maximum absolute atomic E-state index is 11.6. The standard InChI is InChI=1S/C19H16N2O3/c1-23-18-9-14(19(22)24-2)5-4-13(18)8-15-11-21-17-6-3-12(10-20)7-16(15)17/h3-7,9,11,21H,8H2,1-2H3. The van der Waals surface area contributed by atoms with Crippen molar-refractivity contribution in [1.82, 2.24) is 4.98 Å². The van der Waals surface area contributed by atoms with Gasteiger partial charge in [0.1, 0.15) is 5.75 Å². The second kappa shape index (κ2) is 6.47. The van der Waals surface area contributed by atoms with E-state index >= 15 is 0 Å². The molecule has 0 saturated heterocycles. The smallest absolute Gasteiger partial charge is 0.337 e. The highest BCUT2D eigenvalue weighted by atomic mass is 16.5. The van der Waals surface area contributed by atoms with Crippen LogP contribution in [0.25, 0.3) is 10.9 Å². The van der Waals surface area contributed by atoms with E-state index in [-0.39, 0.29) is 0 Å². The number of nitriles is 1. The minimum Gasteiger partial charge on any atom is -0.496 e. The van der Waals surface area contributed by atoms with Crippen LogP contribution in [0.4, 0.5) is 0 Å². The molecule has 5 nitrogen and oxygen atoms in total. The average molecular weight is 320 g/mol. The van der Waals surface area contributed by atoms with E-state index in [4.69, 9.17) is 14.7 Å². The Morgan fingerprint density at radius 1 is 1.17 bits per heavy atom. The molecule has 3 aromatic rings. The number of carbonyl (C=O) groups excluding carboxylic acids is 1. The Kier molecular flexibility index (Phi) is 4.21. The van der Waals surface area contributed by atoms with E-state index in [1.165, 1.54) is 7.11 Å². The van der Waals surface area contributed by atoms with E-state index in [1.807, 2.05) is 24.4 Å². The molecule has 0 aliphatic carbocycles. The number of esters is 1. The summed E-state index contributed by atoms with van der Waals surface area (Å²) in [5.74, 6) is 0.231. The summed E-state index contributed by atoms with van der Waals surface area (Å²) < 4.78 is 10.2. The number of carbonyl (C=O) groups is 1. The van der Waals surface area contributed by atoms with Gasteiger partial charge in [-0.25, -0.2) is 4.79 Å². The molecule has 1 N–H and O–H groups in total. The molecular weight excluding hydrogens is 304 g/mol. The third-order valence-corrected chi connectivity index (χ3v) is 3.99. The monoisotopic (exact) mass is 320 g/mol. The van der Waals surface area contributed by atoms with Gasteiger partial charge in [0.2, 0.25) is 0 Å². The molecule has 0 spiro atoms. The van der Waals surface area contributed by atoms with Crippen molar-refractivity contribution in [1.29, 1.82) is 5.26 Å². The van der Waals surface area contributed by atoms with Crippen LogP contribution in [0.1, 0.15) is 27.0 Å². The van der Waals surface area contributed by atoms with Gasteiger partial charge in [0.25, 0.3) is 0 Å². The van der Waals surface area contributed by atoms with E-state index in [0.29, 0.717) is 23.3 Å². The summed E-state index contributed by atoms with van der Waals surface area (Å²) in [4.78, 5) is 14.9. The van der Waals surface area contributed by atoms with E-state index in [0.717, 1.165) is 22.0 Å². The highest BCUT2D eigenvalue weighted by Crippen LogP contribution is 2.27. The summed E-state index contributed by atoms with van der Waals surface area (Å²) in [6.45, 7) is 0. The lowest BCUT2D eigenvalue weighted by Crippen LogP contribution is -2.03. The first-order valence-corrected chi connectivity index (χ1v) is 7.41. The molecule has 1 aromatic heterocycles. The van der Waals surface area contributed by atoms with Crippen LogP contribution in [-0.2, 0) is 11.2 Å². The molecule has 0 aliphatic rings. The molecule has 1 heterocycles. The molecular formula is C19H16N2O3. The average Bonchev–Trinajstić information content (AvgIpc) is 3.03. The first kappa shape index (κ1) is 15.6. The van der Waals surface area contributed by atoms with Crippen LogP contribution in [-0.4, -0.2) is 25.2 Å². The highest BCUT2D eigenvalue weighted by molar-refractivity contribution is 5.90. The summed E-state index contributed by atoms with van der Waals surface area (Å²) in [5.41, 5.74) is 4.06. The van der Waals surface area contributed by atoms with Crippen molar-refractivity contribution < 1.29 is 14.3 Å². The van der Waals surface area contributed by atoms with Crippen LogP contribution in [0.2, 0.25) is 0 Å². The molecule has 0 bridgehead atoms. The van der Waals surface area contributed by atoms with E-state index < -0.39 is 5.97 Å². The number of hydrogen-bond acceptors (Lipinski definition) is 4. The van der Waals surface area contributed by atoms with Gasteiger partial charge in [-0.1, -0.05) is 6.07 Å². The number of hydrogen-bond donors (Lipinski definition) is 1. The van der Waals surface area contributed by atoms with Crippen LogP contribution in [0.15, 0.2) is 42.6 Å².